The highest BCUT2D eigenvalue weighted by Gasteiger charge is 2.21. The van der Waals surface area contributed by atoms with E-state index in [0.717, 1.165) is 36.9 Å². The first-order valence-electron chi connectivity index (χ1n) is 8.39. The number of rotatable bonds is 6. The number of carbonyl (C=O) groups excluding carboxylic acids is 2. The van der Waals surface area contributed by atoms with E-state index in [1.807, 2.05) is 24.3 Å². The third-order valence-electron chi connectivity index (χ3n) is 4.05. The van der Waals surface area contributed by atoms with Crippen LogP contribution < -0.4 is 16.2 Å². The van der Waals surface area contributed by atoms with E-state index in [0.29, 0.717) is 12.3 Å². The third kappa shape index (κ3) is 5.30. The molecule has 6 heteroatoms. The van der Waals surface area contributed by atoms with Crippen LogP contribution in [0.3, 0.4) is 0 Å². The molecule has 0 radical (unpaired) electrons. The number of ether oxygens (including phenoxy) is 1. The Bertz CT molecular complexity index is 595. The molecule has 2 amide bonds. The lowest BCUT2D eigenvalue weighted by Gasteiger charge is -2.21. The summed E-state index contributed by atoms with van der Waals surface area (Å²) in [7, 11) is 0. The van der Waals surface area contributed by atoms with Gasteiger partial charge in [-0.25, -0.2) is 10.2 Å². The Hall–Kier alpha value is -2.50. The van der Waals surface area contributed by atoms with Crippen molar-refractivity contribution < 1.29 is 14.3 Å². The standard InChI is InChI=1S/C18H25N3O3/c1-3-24-18(23)21-20-13(2)15-10-7-11-16(12-15)19-17(22)14-8-5-4-6-9-14/h7,10-12,14,20H,2-6,8-9H2,1H3,(H,19,22)(H,21,23). The molecule has 0 saturated heterocycles. The minimum Gasteiger partial charge on any atom is -0.449 e. The number of hydrazine groups is 1. The maximum atomic E-state index is 12.3. The van der Waals surface area contributed by atoms with Gasteiger partial charge in [0.05, 0.1) is 12.3 Å². The average molecular weight is 331 g/mol. The summed E-state index contributed by atoms with van der Waals surface area (Å²) in [5, 5.41) is 2.97. The Morgan fingerprint density at radius 2 is 1.96 bits per heavy atom. The molecule has 0 atom stereocenters. The highest BCUT2D eigenvalue weighted by Crippen LogP contribution is 2.25. The molecule has 1 aliphatic carbocycles. The van der Waals surface area contributed by atoms with Crippen molar-refractivity contribution in [1.82, 2.24) is 10.9 Å². The van der Waals surface area contributed by atoms with Gasteiger partial charge in [0, 0.05) is 17.2 Å². The molecule has 0 unspecified atom stereocenters. The zero-order chi connectivity index (χ0) is 17.4. The summed E-state index contributed by atoms with van der Waals surface area (Å²) in [5.41, 5.74) is 7.10. The molecule has 6 nitrogen and oxygen atoms in total. The summed E-state index contributed by atoms with van der Waals surface area (Å²) in [4.78, 5) is 23.6. The lowest BCUT2D eigenvalue weighted by Crippen LogP contribution is -2.36. The van der Waals surface area contributed by atoms with Crippen LogP contribution in [-0.2, 0) is 9.53 Å². The Labute approximate surface area is 142 Å². The third-order valence-corrected chi connectivity index (χ3v) is 4.05. The van der Waals surface area contributed by atoms with E-state index in [1.165, 1.54) is 6.42 Å². The number of carbonyl (C=O) groups is 2. The second-order valence-corrected chi connectivity index (χ2v) is 5.85. The van der Waals surface area contributed by atoms with Gasteiger partial charge in [0.15, 0.2) is 0 Å². The number of nitrogens with one attached hydrogen (secondary N) is 3. The van der Waals surface area contributed by atoms with E-state index in [4.69, 9.17) is 4.74 Å². The van der Waals surface area contributed by atoms with Crippen LogP contribution in [0.2, 0.25) is 0 Å². The van der Waals surface area contributed by atoms with Gasteiger partial charge in [0.1, 0.15) is 0 Å². The number of hydrogen-bond acceptors (Lipinski definition) is 4. The maximum Gasteiger partial charge on any atom is 0.425 e. The maximum absolute atomic E-state index is 12.3. The van der Waals surface area contributed by atoms with Gasteiger partial charge < -0.3 is 10.1 Å². The van der Waals surface area contributed by atoms with Crippen LogP contribution in [0.4, 0.5) is 10.5 Å². The molecule has 1 aliphatic rings. The van der Waals surface area contributed by atoms with Crippen LogP contribution in [-0.4, -0.2) is 18.6 Å². The van der Waals surface area contributed by atoms with Gasteiger partial charge in [-0.05, 0) is 31.9 Å². The van der Waals surface area contributed by atoms with Crippen molar-refractivity contribution in [3.63, 3.8) is 0 Å². The van der Waals surface area contributed by atoms with E-state index >= 15 is 0 Å². The van der Waals surface area contributed by atoms with Gasteiger partial charge in [-0.15, -0.1) is 0 Å². The molecule has 24 heavy (non-hydrogen) atoms. The van der Waals surface area contributed by atoms with Crippen molar-refractivity contribution in [2.45, 2.75) is 39.0 Å². The minimum absolute atomic E-state index is 0.0788. The summed E-state index contributed by atoms with van der Waals surface area (Å²) in [6.07, 6.45) is 4.82. The molecule has 1 saturated carbocycles. The smallest absolute Gasteiger partial charge is 0.425 e. The lowest BCUT2D eigenvalue weighted by molar-refractivity contribution is -0.120. The summed E-state index contributed by atoms with van der Waals surface area (Å²) >= 11 is 0. The fourth-order valence-corrected chi connectivity index (χ4v) is 2.76. The molecule has 0 spiro atoms. The van der Waals surface area contributed by atoms with Crippen molar-refractivity contribution in [3.8, 4) is 0 Å². The molecule has 1 aromatic rings. The van der Waals surface area contributed by atoms with Crippen molar-refractivity contribution >= 4 is 23.4 Å². The normalized spacial score (nSPS) is 14.5. The van der Waals surface area contributed by atoms with E-state index in [1.54, 1.807) is 6.92 Å². The Morgan fingerprint density at radius 1 is 1.21 bits per heavy atom. The molecule has 0 heterocycles. The molecular weight excluding hydrogens is 306 g/mol. The number of benzene rings is 1. The first kappa shape index (κ1) is 17.8. The van der Waals surface area contributed by atoms with Crippen molar-refractivity contribution in [2.75, 3.05) is 11.9 Å². The SMILES string of the molecule is C=C(NNC(=O)OCC)c1cccc(NC(=O)C2CCCCC2)c1. The van der Waals surface area contributed by atoms with Gasteiger partial charge >= 0.3 is 6.09 Å². The van der Waals surface area contributed by atoms with Crippen LogP contribution in [0.25, 0.3) is 5.70 Å². The molecule has 2 rings (SSSR count). The minimum atomic E-state index is -0.569. The van der Waals surface area contributed by atoms with Crippen LogP contribution in [0.1, 0.15) is 44.6 Å². The van der Waals surface area contributed by atoms with E-state index < -0.39 is 6.09 Å². The topological polar surface area (TPSA) is 79.5 Å². The molecule has 0 aliphatic heterocycles. The van der Waals surface area contributed by atoms with E-state index in [9.17, 15) is 9.59 Å². The first-order chi connectivity index (χ1) is 11.6. The van der Waals surface area contributed by atoms with Gasteiger partial charge in [0.25, 0.3) is 0 Å². The number of anilines is 1. The Balaban J connectivity index is 1.91. The van der Waals surface area contributed by atoms with E-state index in [-0.39, 0.29) is 11.8 Å². The van der Waals surface area contributed by atoms with Gasteiger partial charge in [-0.3, -0.25) is 10.2 Å². The van der Waals surface area contributed by atoms with Crippen LogP contribution in [0.15, 0.2) is 30.8 Å². The van der Waals surface area contributed by atoms with Crippen LogP contribution in [0, 0.1) is 5.92 Å². The van der Waals surface area contributed by atoms with E-state index in [2.05, 4.69) is 22.7 Å². The zero-order valence-electron chi connectivity index (χ0n) is 14.1. The van der Waals surface area contributed by atoms with Gasteiger partial charge in [0.2, 0.25) is 5.91 Å². The Morgan fingerprint density at radius 3 is 2.67 bits per heavy atom. The van der Waals surface area contributed by atoms with Crippen molar-refractivity contribution in [3.05, 3.63) is 36.4 Å². The number of amides is 2. The molecule has 1 aromatic carbocycles. The molecule has 3 N–H and O–H groups in total. The largest absolute Gasteiger partial charge is 0.449 e. The predicted octanol–water partition coefficient (Wildman–Crippen LogP) is 3.43. The monoisotopic (exact) mass is 331 g/mol. The quantitative estimate of drug-likeness (QED) is 0.698. The second kappa shape index (κ2) is 8.96. The predicted molar refractivity (Wildman–Crippen MR) is 94.0 cm³/mol. The summed E-state index contributed by atoms with van der Waals surface area (Å²) in [6, 6.07) is 7.35. The summed E-state index contributed by atoms with van der Waals surface area (Å²) < 4.78 is 4.76. The lowest BCUT2D eigenvalue weighted by atomic mass is 9.88. The molecule has 0 bridgehead atoms. The average Bonchev–Trinajstić information content (AvgIpc) is 2.61. The van der Waals surface area contributed by atoms with Crippen molar-refractivity contribution in [2.24, 2.45) is 5.92 Å². The molecule has 0 aromatic heterocycles. The second-order valence-electron chi connectivity index (χ2n) is 5.85. The fourth-order valence-electron chi connectivity index (χ4n) is 2.76. The summed E-state index contributed by atoms with van der Waals surface area (Å²) in [5.74, 6) is 0.185. The van der Waals surface area contributed by atoms with Gasteiger partial charge in [-0.1, -0.05) is 38.0 Å². The zero-order valence-corrected chi connectivity index (χ0v) is 14.1. The van der Waals surface area contributed by atoms with Crippen LogP contribution >= 0.6 is 0 Å². The van der Waals surface area contributed by atoms with Crippen molar-refractivity contribution in [1.29, 1.82) is 0 Å². The molecular formula is C18H25N3O3. The highest BCUT2D eigenvalue weighted by atomic mass is 16.5. The highest BCUT2D eigenvalue weighted by molar-refractivity contribution is 5.93. The fraction of sp³-hybridized carbons (Fsp3) is 0.444. The molecule has 1 fully saturated rings. The summed E-state index contributed by atoms with van der Waals surface area (Å²) in [6.45, 7) is 5.90. The van der Waals surface area contributed by atoms with Gasteiger partial charge in [-0.2, -0.15) is 0 Å². The van der Waals surface area contributed by atoms with Crippen LogP contribution in [0.5, 0.6) is 0 Å². The number of hydrogen-bond donors (Lipinski definition) is 3. The first-order valence-corrected chi connectivity index (χ1v) is 8.39. The molecule has 130 valence electrons. The Kier molecular flexibility index (Phi) is 6.66.